The van der Waals surface area contributed by atoms with Crippen molar-refractivity contribution in [3.05, 3.63) is 59.9 Å². The fourth-order valence-electron chi connectivity index (χ4n) is 6.91. The van der Waals surface area contributed by atoms with Crippen LogP contribution in [0.25, 0.3) is 0 Å². The van der Waals surface area contributed by atoms with Gasteiger partial charge < -0.3 is 25.8 Å². The number of carbonyl (C=O) groups excluding carboxylic acids is 3. The van der Waals surface area contributed by atoms with Gasteiger partial charge in [-0.2, -0.15) is 0 Å². The van der Waals surface area contributed by atoms with Gasteiger partial charge in [-0.25, -0.2) is 0 Å². The molecule has 1 atom stereocenters. The summed E-state index contributed by atoms with van der Waals surface area (Å²) in [5, 5.41) is 6.23. The highest BCUT2D eigenvalue weighted by Gasteiger charge is 2.31. The van der Waals surface area contributed by atoms with Gasteiger partial charge in [0.25, 0.3) is 0 Å². The minimum atomic E-state index is -0.679. The molecule has 0 saturated heterocycles. The molecule has 9 nitrogen and oxygen atoms in total. The number of rotatable bonds is 19. The predicted molar refractivity (Wildman–Crippen MR) is 188 cm³/mol. The number of carbonyl (C=O) groups is 3. The van der Waals surface area contributed by atoms with Crippen LogP contribution in [0.2, 0.25) is 0 Å². The average Bonchev–Trinajstić information content (AvgIpc) is 3.13. The van der Waals surface area contributed by atoms with E-state index in [4.69, 9.17) is 15.2 Å². The van der Waals surface area contributed by atoms with Gasteiger partial charge >= 0.3 is 5.97 Å². The van der Waals surface area contributed by atoms with Crippen LogP contribution in [0.15, 0.2) is 48.8 Å². The first-order chi connectivity index (χ1) is 23.4. The molecule has 0 unspecified atom stereocenters. The maximum absolute atomic E-state index is 13.6. The van der Waals surface area contributed by atoms with E-state index in [0.29, 0.717) is 44.6 Å². The molecule has 4 rings (SSSR count). The van der Waals surface area contributed by atoms with Crippen LogP contribution in [0, 0.1) is 23.7 Å². The summed E-state index contributed by atoms with van der Waals surface area (Å²) in [4.78, 5) is 43.6. The Balaban J connectivity index is 1.25. The van der Waals surface area contributed by atoms with E-state index in [1.54, 1.807) is 12.4 Å². The third-order valence-electron chi connectivity index (χ3n) is 10.2. The molecule has 2 amide bonds. The summed E-state index contributed by atoms with van der Waals surface area (Å²) in [6.07, 6.45) is 17.7. The SMILES string of the molecule is CCCCCCCCOC(=O)C1CCC(CNC(=O)[C@H](Cc2ccc(OCc3ccncc3)cc2)NC(=O)C2CCC(CN)CC2)CC1. The molecule has 0 aliphatic heterocycles. The van der Waals surface area contributed by atoms with Crippen molar-refractivity contribution >= 4 is 17.8 Å². The Kier molecular flexibility index (Phi) is 16.2. The maximum Gasteiger partial charge on any atom is 0.308 e. The van der Waals surface area contributed by atoms with Crippen molar-refractivity contribution in [2.45, 2.75) is 116 Å². The Bertz CT molecular complexity index is 1220. The molecule has 1 heterocycles. The van der Waals surface area contributed by atoms with Crippen molar-refractivity contribution in [3.63, 3.8) is 0 Å². The van der Waals surface area contributed by atoms with Crippen LogP contribution in [-0.2, 0) is 32.1 Å². The van der Waals surface area contributed by atoms with Crippen molar-refractivity contribution < 1.29 is 23.9 Å². The smallest absolute Gasteiger partial charge is 0.308 e. The highest BCUT2D eigenvalue weighted by Crippen LogP contribution is 2.30. The Labute approximate surface area is 287 Å². The number of hydrogen-bond donors (Lipinski definition) is 3. The monoisotopic (exact) mass is 662 g/mol. The molecule has 1 aromatic heterocycles. The zero-order valence-corrected chi connectivity index (χ0v) is 29.0. The van der Waals surface area contributed by atoms with Gasteiger partial charge in [0, 0.05) is 31.3 Å². The molecule has 9 heteroatoms. The number of unbranched alkanes of at least 4 members (excludes halogenated alkanes) is 5. The number of nitrogens with zero attached hydrogens (tertiary/aromatic N) is 1. The Morgan fingerprint density at radius 1 is 0.812 bits per heavy atom. The first-order valence-electron chi connectivity index (χ1n) is 18.5. The molecule has 4 N–H and O–H groups in total. The third kappa shape index (κ3) is 12.9. The Morgan fingerprint density at radius 3 is 2.15 bits per heavy atom. The van der Waals surface area contributed by atoms with E-state index in [9.17, 15) is 14.4 Å². The molecule has 0 spiro atoms. The van der Waals surface area contributed by atoms with Crippen LogP contribution < -0.4 is 21.1 Å². The Morgan fingerprint density at radius 2 is 1.46 bits per heavy atom. The maximum atomic E-state index is 13.6. The lowest BCUT2D eigenvalue weighted by atomic mass is 9.81. The fraction of sp³-hybridized carbons (Fsp3) is 0.641. The standard InChI is InChI=1S/C39H58N4O5/c1-2-3-4-5-6-7-24-47-39(46)34-16-10-31(11-17-34)27-42-38(45)36(43-37(44)33-14-8-30(26-40)9-15-33)25-29-12-18-35(19-13-29)48-28-32-20-22-41-23-21-32/h12-13,18-23,30-31,33-34,36H,2-11,14-17,24-28,40H2,1H3,(H,42,45)(H,43,44)/t30?,31?,33?,34?,36-/m0/s1. The zero-order valence-electron chi connectivity index (χ0n) is 29.0. The van der Waals surface area contributed by atoms with E-state index in [1.165, 1.54) is 25.7 Å². The van der Waals surface area contributed by atoms with E-state index in [2.05, 4.69) is 22.5 Å². The van der Waals surface area contributed by atoms with Crippen LogP contribution in [0.4, 0.5) is 0 Å². The van der Waals surface area contributed by atoms with Crippen LogP contribution >= 0.6 is 0 Å². The largest absolute Gasteiger partial charge is 0.489 e. The number of nitrogens with one attached hydrogen (secondary N) is 2. The van der Waals surface area contributed by atoms with Crippen LogP contribution in [0.5, 0.6) is 5.75 Å². The summed E-state index contributed by atoms with van der Waals surface area (Å²) in [7, 11) is 0. The number of hydrogen-bond acceptors (Lipinski definition) is 7. The molecule has 2 aromatic rings. The van der Waals surface area contributed by atoms with Crippen LogP contribution in [0.3, 0.4) is 0 Å². The molecular formula is C39H58N4O5. The lowest BCUT2D eigenvalue weighted by Gasteiger charge is -2.29. The first-order valence-corrected chi connectivity index (χ1v) is 18.5. The number of nitrogens with two attached hydrogens (primary N) is 1. The number of ether oxygens (including phenoxy) is 2. The normalized spacial score (nSPS) is 21.5. The lowest BCUT2D eigenvalue weighted by Crippen LogP contribution is -2.51. The molecule has 0 bridgehead atoms. The summed E-state index contributed by atoms with van der Waals surface area (Å²) in [5.41, 5.74) is 7.84. The van der Waals surface area contributed by atoms with Crippen molar-refractivity contribution in [2.75, 3.05) is 19.7 Å². The molecule has 1 aromatic carbocycles. The van der Waals surface area contributed by atoms with Gasteiger partial charge in [0.2, 0.25) is 11.8 Å². The van der Waals surface area contributed by atoms with Crippen molar-refractivity contribution in [1.82, 2.24) is 15.6 Å². The third-order valence-corrected chi connectivity index (χ3v) is 10.2. The second kappa shape index (κ2) is 20.8. The van der Waals surface area contributed by atoms with Gasteiger partial charge in [0.15, 0.2) is 0 Å². The lowest BCUT2D eigenvalue weighted by molar-refractivity contribution is -0.150. The Hall–Kier alpha value is -3.46. The average molecular weight is 663 g/mol. The first kappa shape index (κ1) is 37.4. The summed E-state index contributed by atoms with van der Waals surface area (Å²) in [6, 6.07) is 10.9. The molecule has 48 heavy (non-hydrogen) atoms. The summed E-state index contributed by atoms with van der Waals surface area (Å²) in [5.74, 6) is 1.09. The highest BCUT2D eigenvalue weighted by atomic mass is 16.5. The topological polar surface area (TPSA) is 133 Å². The van der Waals surface area contributed by atoms with Gasteiger partial charge in [0.1, 0.15) is 18.4 Å². The van der Waals surface area contributed by atoms with Gasteiger partial charge in [-0.1, -0.05) is 51.2 Å². The molecule has 264 valence electrons. The number of esters is 1. The summed E-state index contributed by atoms with van der Waals surface area (Å²) >= 11 is 0. The second-order valence-electron chi connectivity index (χ2n) is 13.9. The minimum Gasteiger partial charge on any atom is -0.489 e. The van der Waals surface area contributed by atoms with E-state index in [-0.39, 0.29) is 29.6 Å². The zero-order chi connectivity index (χ0) is 34.0. The molecule has 0 radical (unpaired) electrons. The van der Waals surface area contributed by atoms with Crippen LogP contribution in [0.1, 0.15) is 108 Å². The van der Waals surface area contributed by atoms with Gasteiger partial charge in [-0.3, -0.25) is 19.4 Å². The second-order valence-corrected chi connectivity index (χ2v) is 13.9. The van der Waals surface area contributed by atoms with Gasteiger partial charge in [-0.15, -0.1) is 0 Å². The van der Waals surface area contributed by atoms with E-state index >= 15 is 0 Å². The number of benzene rings is 1. The summed E-state index contributed by atoms with van der Waals surface area (Å²) < 4.78 is 11.5. The van der Waals surface area contributed by atoms with E-state index < -0.39 is 6.04 Å². The van der Waals surface area contributed by atoms with Gasteiger partial charge in [-0.05, 0) is 112 Å². The molecule has 2 aliphatic carbocycles. The molecule has 2 fully saturated rings. The quantitative estimate of drug-likeness (QED) is 0.119. The predicted octanol–water partition coefficient (Wildman–Crippen LogP) is 6.28. The van der Waals surface area contributed by atoms with E-state index in [0.717, 1.165) is 81.1 Å². The van der Waals surface area contributed by atoms with Crippen molar-refractivity contribution in [2.24, 2.45) is 29.4 Å². The number of amides is 2. The van der Waals surface area contributed by atoms with Gasteiger partial charge in [0.05, 0.1) is 12.5 Å². The minimum absolute atomic E-state index is 0.0462. The van der Waals surface area contributed by atoms with Crippen molar-refractivity contribution in [1.29, 1.82) is 0 Å². The molecule has 2 aliphatic rings. The molecular weight excluding hydrogens is 604 g/mol. The highest BCUT2D eigenvalue weighted by molar-refractivity contribution is 5.88. The number of aromatic nitrogens is 1. The number of pyridine rings is 1. The fourth-order valence-corrected chi connectivity index (χ4v) is 6.91. The van der Waals surface area contributed by atoms with E-state index in [1.807, 2.05) is 36.4 Å². The summed E-state index contributed by atoms with van der Waals surface area (Å²) in [6.45, 7) is 4.36. The van der Waals surface area contributed by atoms with Crippen molar-refractivity contribution in [3.8, 4) is 5.75 Å². The van der Waals surface area contributed by atoms with Crippen LogP contribution in [-0.4, -0.2) is 48.5 Å². The molecule has 2 saturated carbocycles.